The first-order valence-corrected chi connectivity index (χ1v) is 11.0. The lowest BCUT2D eigenvalue weighted by atomic mass is 10.0. The standard InChI is InChI=1S/C16H29N3O2S2/c1-17(2)12-13-19(23(3,20)21)15-6-9-18(10-7-15)11-8-16-5-4-14-22-16/h4-5,14-15H,6-13H2,1-3H3. The number of piperidine rings is 1. The third kappa shape index (κ3) is 6.15. The maximum atomic E-state index is 12.1. The Morgan fingerprint density at radius 1 is 1.26 bits per heavy atom. The van der Waals surface area contributed by atoms with E-state index in [-0.39, 0.29) is 6.04 Å². The van der Waals surface area contributed by atoms with Crippen molar-refractivity contribution < 1.29 is 8.42 Å². The van der Waals surface area contributed by atoms with E-state index >= 15 is 0 Å². The molecule has 0 aliphatic carbocycles. The summed E-state index contributed by atoms with van der Waals surface area (Å²) in [5, 5.41) is 2.12. The van der Waals surface area contributed by atoms with Gasteiger partial charge in [0, 0.05) is 30.6 Å². The summed E-state index contributed by atoms with van der Waals surface area (Å²) in [6, 6.07) is 4.44. The minimum Gasteiger partial charge on any atom is -0.308 e. The highest BCUT2D eigenvalue weighted by molar-refractivity contribution is 7.88. The lowest BCUT2D eigenvalue weighted by Gasteiger charge is -2.37. The van der Waals surface area contributed by atoms with Gasteiger partial charge in [-0.1, -0.05) is 6.07 Å². The van der Waals surface area contributed by atoms with E-state index in [0.717, 1.165) is 45.4 Å². The van der Waals surface area contributed by atoms with Crippen molar-refractivity contribution in [2.24, 2.45) is 0 Å². The number of rotatable bonds is 8. The van der Waals surface area contributed by atoms with Crippen LogP contribution in [0.1, 0.15) is 17.7 Å². The largest absolute Gasteiger partial charge is 0.308 e. The Hall–Kier alpha value is -0.470. The van der Waals surface area contributed by atoms with Gasteiger partial charge in [-0.25, -0.2) is 8.42 Å². The Bertz CT molecular complexity index is 550. The first-order chi connectivity index (χ1) is 10.9. The Morgan fingerprint density at radius 2 is 1.96 bits per heavy atom. The van der Waals surface area contributed by atoms with Crippen LogP contribution in [0, 0.1) is 0 Å². The van der Waals surface area contributed by atoms with Gasteiger partial charge in [-0.15, -0.1) is 11.3 Å². The fourth-order valence-corrected chi connectivity index (χ4v) is 4.94. The van der Waals surface area contributed by atoms with Crippen LogP contribution in [0.2, 0.25) is 0 Å². The molecule has 0 N–H and O–H groups in total. The second kappa shape index (κ2) is 8.58. The molecule has 1 aliphatic rings. The Morgan fingerprint density at radius 3 is 2.48 bits per heavy atom. The predicted octanol–water partition coefficient (Wildman–Crippen LogP) is 1.58. The molecule has 0 amide bonds. The second-order valence-corrected chi connectivity index (χ2v) is 9.55. The van der Waals surface area contributed by atoms with Gasteiger partial charge in [0.1, 0.15) is 0 Å². The Balaban J connectivity index is 1.82. The fraction of sp³-hybridized carbons (Fsp3) is 0.750. The number of likely N-dealkylation sites (tertiary alicyclic amines) is 1. The molecule has 0 unspecified atom stereocenters. The summed E-state index contributed by atoms with van der Waals surface area (Å²) < 4.78 is 25.9. The van der Waals surface area contributed by atoms with Crippen molar-refractivity contribution in [1.29, 1.82) is 0 Å². The molecule has 0 saturated carbocycles. The summed E-state index contributed by atoms with van der Waals surface area (Å²) in [5.41, 5.74) is 0. The second-order valence-electron chi connectivity index (χ2n) is 6.58. The summed E-state index contributed by atoms with van der Waals surface area (Å²) >= 11 is 1.81. The number of likely N-dealkylation sites (N-methyl/N-ethyl adjacent to an activating group) is 1. The normalized spacial score (nSPS) is 18.1. The highest BCUT2D eigenvalue weighted by atomic mass is 32.2. The summed E-state index contributed by atoms with van der Waals surface area (Å²) in [6.07, 6.45) is 4.31. The topological polar surface area (TPSA) is 43.9 Å². The van der Waals surface area contributed by atoms with Gasteiger partial charge in [0.15, 0.2) is 0 Å². The quantitative estimate of drug-likeness (QED) is 0.707. The Kier molecular flexibility index (Phi) is 7.03. The van der Waals surface area contributed by atoms with Crippen molar-refractivity contribution in [2.45, 2.75) is 25.3 Å². The molecule has 0 spiro atoms. The maximum absolute atomic E-state index is 12.1. The minimum atomic E-state index is -3.14. The van der Waals surface area contributed by atoms with Crippen LogP contribution in [0.4, 0.5) is 0 Å². The first kappa shape index (κ1) is 18.9. The van der Waals surface area contributed by atoms with Gasteiger partial charge in [0.05, 0.1) is 6.26 Å². The van der Waals surface area contributed by atoms with Gasteiger partial charge in [0.25, 0.3) is 0 Å². The van der Waals surface area contributed by atoms with Gasteiger partial charge in [0.2, 0.25) is 10.0 Å². The monoisotopic (exact) mass is 359 g/mol. The number of thiophene rings is 1. The third-order valence-electron chi connectivity index (χ3n) is 4.41. The van der Waals surface area contributed by atoms with Crippen molar-refractivity contribution >= 4 is 21.4 Å². The molecular formula is C16H29N3O2S2. The van der Waals surface area contributed by atoms with Gasteiger partial charge in [-0.2, -0.15) is 4.31 Å². The highest BCUT2D eigenvalue weighted by Gasteiger charge is 2.29. The summed E-state index contributed by atoms with van der Waals surface area (Å²) in [7, 11) is 0.824. The molecule has 1 saturated heterocycles. The molecule has 1 aromatic rings. The van der Waals surface area contributed by atoms with Crippen molar-refractivity contribution in [1.82, 2.24) is 14.1 Å². The molecule has 2 heterocycles. The van der Waals surface area contributed by atoms with E-state index in [9.17, 15) is 8.42 Å². The van der Waals surface area contributed by atoms with Crippen LogP contribution in [0.25, 0.3) is 0 Å². The van der Waals surface area contributed by atoms with Crippen LogP contribution in [-0.2, 0) is 16.4 Å². The van der Waals surface area contributed by atoms with Gasteiger partial charge in [-0.05, 0) is 57.9 Å². The molecule has 1 aromatic heterocycles. The molecule has 0 radical (unpaired) electrons. The molecule has 0 atom stereocenters. The SMILES string of the molecule is CN(C)CCN(C1CCN(CCc2cccs2)CC1)S(C)(=O)=O. The van der Waals surface area contributed by atoms with Gasteiger partial charge < -0.3 is 9.80 Å². The zero-order valence-corrected chi connectivity index (χ0v) is 16.1. The van der Waals surface area contributed by atoms with E-state index < -0.39 is 10.0 Å². The van der Waals surface area contributed by atoms with E-state index in [1.165, 1.54) is 11.1 Å². The lowest BCUT2D eigenvalue weighted by molar-refractivity contribution is 0.156. The zero-order valence-electron chi connectivity index (χ0n) is 14.4. The predicted molar refractivity (Wildman–Crippen MR) is 97.6 cm³/mol. The van der Waals surface area contributed by atoms with Crippen LogP contribution in [0.15, 0.2) is 17.5 Å². The van der Waals surface area contributed by atoms with Crippen LogP contribution < -0.4 is 0 Å². The van der Waals surface area contributed by atoms with E-state index in [2.05, 4.69) is 22.4 Å². The van der Waals surface area contributed by atoms with Crippen molar-refractivity contribution in [3.63, 3.8) is 0 Å². The molecule has 1 fully saturated rings. The van der Waals surface area contributed by atoms with Crippen molar-refractivity contribution in [3.8, 4) is 0 Å². The van der Waals surface area contributed by atoms with E-state index in [4.69, 9.17) is 0 Å². The van der Waals surface area contributed by atoms with Crippen LogP contribution in [0.3, 0.4) is 0 Å². The molecular weight excluding hydrogens is 330 g/mol. The average molecular weight is 360 g/mol. The molecule has 0 bridgehead atoms. The Labute approximate surface area is 144 Å². The number of hydrogen-bond donors (Lipinski definition) is 0. The van der Waals surface area contributed by atoms with E-state index in [0.29, 0.717) is 6.54 Å². The molecule has 2 rings (SSSR count). The molecule has 7 heteroatoms. The molecule has 5 nitrogen and oxygen atoms in total. The summed E-state index contributed by atoms with van der Waals surface area (Å²) in [5.74, 6) is 0. The van der Waals surface area contributed by atoms with Gasteiger partial charge in [-0.3, -0.25) is 0 Å². The maximum Gasteiger partial charge on any atom is 0.211 e. The fourth-order valence-electron chi connectivity index (χ4n) is 3.07. The number of sulfonamides is 1. The third-order valence-corrected chi connectivity index (χ3v) is 6.68. The summed E-state index contributed by atoms with van der Waals surface area (Å²) in [6.45, 7) is 4.41. The van der Waals surface area contributed by atoms with Crippen molar-refractivity contribution in [2.75, 3.05) is 53.1 Å². The van der Waals surface area contributed by atoms with Crippen LogP contribution >= 0.6 is 11.3 Å². The number of nitrogens with zero attached hydrogens (tertiary/aromatic N) is 3. The molecule has 23 heavy (non-hydrogen) atoms. The molecule has 132 valence electrons. The zero-order chi connectivity index (χ0) is 16.9. The van der Waals surface area contributed by atoms with Crippen molar-refractivity contribution in [3.05, 3.63) is 22.4 Å². The summed E-state index contributed by atoms with van der Waals surface area (Å²) in [4.78, 5) is 5.92. The van der Waals surface area contributed by atoms with Crippen LogP contribution in [-0.4, -0.2) is 81.6 Å². The average Bonchev–Trinajstić information content (AvgIpc) is 2.98. The van der Waals surface area contributed by atoms with E-state index in [1.54, 1.807) is 4.31 Å². The first-order valence-electron chi connectivity index (χ1n) is 8.22. The molecule has 0 aromatic carbocycles. The van der Waals surface area contributed by atoms with Crippen LogP contribution in [0.5, 0.6) is 0 Å². The minimum absolute atomic E-state index is 0.155. The lowest BCUT2D eigenvalue weighted by Crippen LogP contribution is -2.49. The van der Waals surface area contributed by atoms with E-state index in [1.807, 2.05) is 30.3 Å². The highest BCUT2D eigenvalue weighted by Crippen LogP contribution is 2.20. The van der Waals surface area contributed by atoms with Gasteiger partial charge >= 0.3 is 0 Å². The molecule has 1 aliphatic heterocycles. The smallest absolute Gasteiger partial charge is 0.211 e. The number of hydrogen-bond acceptors (Lipinski definition) is 5.